The first-order valence-electron chi connectivity index (χ1n) is 7.31. The summed E-state index contributed by atoms with van der Waals surface area (Å²) < 4.78 is 5.56. The van der Waals surface area contributed by atoms with Crippen LogP contribution in [0.5, 0.6) is 5.75 Å². The first-order chi connectivity index (χ1) is 10.6. The number of hydrogen-bond acceptors (Lipinski definition) is 4. The van der Waals surface area contributed by atoms with Crippen LogP contribution in [-0.2, 0) is 0 Å². The van der Waals surface area contributed by atoms with Crippen LogP contribution < -0.4 is 5.32 Å². The molecule has 3 rings (SSSR count). The van der Waals surface area contributed by atoms with Gasteiger partial charge in [0.25, 0.3) is 5.91 Å². The highest BCUT2D eigenvalue weighted by molar-refractivity contribution is 9.10. The summed E-state index contributed by atoms with van der Waals surface area (Å²) in [4.78, 5) is 12.5. The van der Waals surface area contributed by atoms with E-state index in [1.165, 1.54) is 6.26 Å². The Bertz CT molecular complexity index is 705. The van der Waals surface area contributed by atoms with Gasteiger partial charge in [-0.15, -0.1) is 0 Å². The Morgan fingerprint density at radius 1 is 1.41 bits per heavy atom. The molecule has 0 spiro atoms. The Morgan fingerprint density at radius 2 is 2.14 bits per heavy atom. The molecular weight excluding hydrogens is 348 g/mol. The van der Waals surface area contributed by atoms with Crippen molar-refractivity contribution in [3.8, 4) is 5.75 Å². The molecule has 0 unspecified atom stereocenters. The Labute approximate surface area is 136 Å². The normalized spacial score (nSPS) is 15.2. The van der Waals surface area contributed by atoms with Gasteiger partial charge in [0.15, 0.2) is 5.75 Å². The molecule has 1 aliphatic carbocycles. The van der Waals surface area contributed by atoms with Crippen molar-refractivity contribution < 1.29 is 14.4 Å². The fraction of sp³-hybridized carbons (Fsp3) is 0.375. The fourth-order valence-electron chi connectivity index (χ4n) is 2.93. The van der Waals surface area contributed by atoms with Gasteiger partial charge in [-0.3, -0.25) is 4.79 Å². The highest BCUT2D eigenvalue weighted by atomic mass is 79.9. The molecule has 0 bridgehead atoms. The van der Waals surface area contributed by atoms with Gasteiger partial charge >= 0.3 is 0 Å². The number of aryl methyl sites for hydroxylation is 1. The second-order valence-electron chi connectivity index (χ2n) is 5.69. The molecule has 0 saturated heterocycles. The van der Waals surface area contributed by atoms with Crippen LogP contribution in [0.3, 0.4) is 0 Å². The largest absolute Gasteiger partial charge is 0.505 e. The maximum absolute atomic E-state index is 12.5. The lowest BCUT2D eigenvalue weighted by Gasteiger charge is -2.11. The van der Waals surface area contributed by atoms with E-state index in [9.17, 15) is 9.90 Å². The van der Waals surface area contributed by atoms with Crippen molar-refractivity contribution in [2.45, 2.75) is 38.5 Å². The maximum atomic E-state index is 12.5. The van der Waals surface area contributed by atoms with E-state index in [1.807, 2.05) is 6.92 Å². The summed E-state index contributed by atoms with van der Waals surface area (Å²) in [6.45, 7) is 1.89. The number of rotatable bonds is 3. The van der Waals surface area contributed by atoms with Crippen LogP contribution in [0.1, 0.15) is 53.2 Å². The van der Waals surface area contributed by atoms with Gasteiger partial charge in [0.1, 0.15) is 11.8 Å². The number of phenolic OH excluding ortho intramolecular Hbond substituents is 1. The number of hydrogen-bond donors (Lipinski definition) is 2. The zero-order valence-electron chi connectivity index (χ0n) is 12.2. The highest BCUT2D eigenvalue weighted by Crippen LogP contribution is 2.36. The molecule has 2 N–H and O–H groups in total. The van der Waals surface area contributed by atoms with E-state index < -0.39 is 0 Å². The Balaban J connectivity index is 1.85. The zero-order chi connectivity index (χ0) is 15.7. The Kier molecular flexibility index (Phi) is 4.20. The second kappa shape index (κ2) is 6.12. The van der Waals surface area contributed by atoms with E-state index in [1.54, 1.807) is 12.1 Å². The molecule has 1 aromatic heterocycles. The third-order valence-corrected chi connectivity index (χ3v) is 4.64. The lowest BCUT2D eigenvalue weighted by atomic mass is 10.00. The average molecular weight is 365 g/mol. The monoisotopic (exact) mass is 364 g/mol. The molecule has 1 heterocycles. The molecule has 0 radical (unpaired) electrons. The van der Waals surface area contributed by atoms with Crippen LogP contribution in [0.2, 0.25) is 0 Å². The van der Waals surface area contributed by atoms with E-state index in [0.29, 0.717) is 15.7 Å². The van der Waals surface area contributed by atoms with Gasteiger partial charge in [-0.2, -0.15) is 0 Å². The molecule has 1 aliphatic rings. The highest BCUT2D eigenvalue weighted by Gasteiger charge is 2.26. The predicted molar refractivity (Wildman–Crippen MR) is 86.2 cm³/mol. The number of aromatic hydroxyl groups is 1. The minimum Gasteiger partial charge on any atom is -0.505 e. The van der Waals surface area contributed by atoms with E-state index in [0.717, 1.165) is 36.9 Å². The van der Waals surface area contributed by atoms with Gasteiger partial charge in [0.2, 0.25) is 0 Å². The first kappa shape index (κ1) is 15.1. The van der Waals surface area contributed by atoms with Crippen molar-refractivity contribution in [1.82, 2.24) is 5.16 Å². The van der Waals surface area contributed by atoms with Crippen LogP contribution in [0, 0.1) is 6.92 Å². The van der Waals surface area contributed by atoms with Crippen LogP contribution in [-0.4, -0.2) is 16.2 Å². The van der Waals surface area contributed by atoms with Crippen LogP contribution in [0.15, 0.2) is 27.4 Å². The molecule has 5 nitrogen and oxygen atoms in total. The molecule has 1 saturated carbocycles. The second-order valence-corrected chi connectivity index (χ2v) is 6.55. The van der Waals surface area contributed by atoms with E-state index in [2.05, 4.69) is 26.4 Å². The summed E-state index contributed by atoms with van der Waals surface area (Å²) in [5, 5.41) is 16.8. The van der Waals surface area contributed by atoms with Crippen LogP contribution >= 0.6 is 15.9 Å². The summed E-state index contributed by atoms with van der Waals surface area (Å²) in [6, 6.07) is 3.51. The molecule has 2 aromatic rings. The van der Waals surface area contributed by atoms with Gasteiger partial charge in [0.05, 0.1) is 15.9 Å². The topological polar surface area (TPSA) is 75.4 Å². The van der Waals surface area contributed by atoms with Gasteiger partial charge in [0, 0.05) is 5.92 Å². The SMILES string of the molecule is Cc1cc(Br)c(O)c(NC(=O)c2conc2C2CCCC2)c1. The lowest BCUT2D eigenvalue weighted by molar-refractivity contribution is 0.102. The third-order valence-electron chi connectivity index (χ3n) is 4.04. The fourth-order valence-corrected chi connectivity index (χ4v) is 3.50. The Hall–Kier alpha value is -1.82. The minimum atomic E-state index is -0.309. The quantitative estimate of drug-likeness (QED) is 0.793. The summed E-state index contributed by atoms with van der Waals surface area (Å²) in [5.41, 5.74) is 2.47. The molecule has 0 atom stereocenters. The lowest BCUT2D eigenvalue weighted by Crippen LogP contribution is -2.14. The standard InChI is InChI=1S/C16H17BrN2O3/c1-9-6-12(17)15(20)13(7-9)18-16(21)11-8-22-19-14(11)10-4-2-3-5-10/h6-8,10,20H,2-5H2,1H3,(H,18,21). The van der Waals surface area contributed by atoms with Crippen molar-refractivity contribution in [1.29, 1.82) is 0 Å². The first-order valence-corrected chi connectivity index (χ1v) is 8.10. The molecule has 1 fully saturated rings. The number of nitrogens with zero attached hydrogens (tertiary/aromatic N) is 1. The number of nitrogens with one attached hydrogen (secondary N) is 1. The molecule has 1 aromatic carbocycles. The van der Waals surface area contributed by atoms with Gasteiger partial charge in [-0.25, -0.2) is 0 Å². The number of benzene rings is 1. The molecular formula is C16H17BrN2O3. The van der Waals surface area contributed by atoms with Gasteiger partial charge in [-0.05, 0) is 53.4 Å². The number of amides is 1. The minimum absolute atomic E-state index is 0.0119. The van der Waals surface area contributed by atoms with E-state index in [4.69, 9.17) is 4.52 Å². The van der Waals surface area contributed by atoms with E-state index >= 15 is 0 Å². The molecule has 0 aliphatic heterocycles. The number of anilines is 1. The number of aromatic nitrogens is 1. The van der Waals surface area contributed by atoms with Crippen molar-refractivity contribution in [2.24, 2.45) is 0 Å². The van der Waals surface area contributed by atoms with Crippen molar-refractivity contribution in [3.05, 3.63) is 39.7 Å². The Morgan fingerprint density at radius 3 is 2.86 bits per heavy atom. The summed E-state index contributed by atoms with van der Waals surface area (Å²) in [6.07, 6.45) is 5.77. The summed E-state index contributed by atoms with van der Waals surface area (Å²) in [7, 11) is 0. The number of carbonyl (C=O) groups excluding carboxylic acids is 1. The molecule has 116 valence electrons. The third kappa shape index (κ3) is 2.88. The summed E-state index contributed by atoms with van der Waals surface area (Å²) >= 11 is 3.27. The van der Waals surface area contributed by atoms with Gasteiger partial charge in [-0.1, -0.05) is 18.0 Å². The van der Waals surface area contributed by atoms with Crippen molar-refractivity contribution >= 4 is 27.5 Å². The summed E-state index contributed by atoms with van der Waals surface area (Å²) in [5.74, 6) is -0.00823. The van der Waals surface area contributed by atoms with E-state index in [-0.39, 0.29) is 17.6 Å². The average Bonchev–Trinajstić information content (AvgIpc) is 3.14. The number of halogens is 1. The van der Waals surface area contributed by atoms with Crippen LogP contribution in [0.4, 0.5) is 5.69 Å². The maximum Gasteiger partial charge on any atom is 0.261 e. The van der Waals surface area contributed by atoms with Crippen molar-refractivity contribution in [2.75, 3.05) is 5.32 Å². The number of phenols is 1. The molecule has 1 amide bonds. The molecule has 22 heavy (non-hydrogen) atoms. The van der Waals surface area contributed by atoms with Crippen molar-refractivity contribution in [3.63, 3.8) is 0 Å². The predicted octanol–water partition coefficient (Wildman–Crippen LogP) is 4.36. The zero-order valence-corrected chi connectivity index (χ0v) is 13.8. The molecule has 6 heteroatoms. The number of carbonyl (C=O) groups is 1. The van der Waals surface area contributed by atoms with Crippen LogP contribution in [0.25, 0.3) is 0 Å². The van der Waals surface area contributed by atoms with Gasteiger partial charge < -0.3 is 14.9 Å². The smallest absolute Gasteiger partial charge is 0.261 e.